The molecule has 0 spiro atoms. The smallest absolute Gasteiger partial charge is 0.241 e. The normalized spacial score (nSPS) is 22.5. The molecule has 1 aliphatic heterocycles. The molecule has 0 bridgehead atoms. The van der Waals surface area contributed by atoms with Gasteiger partial charge in [0.05, 0.1) is 11.7 Å². The molecule has 1 amide bonds. The van der Waals surface area contributed by atoms with Gasteiger partial charge in [-0.15, -0.1) is 12.4 Å². The highest BCUT2D eigenvalue weighted by Gasteiger charge is 2.36. The number of piperidine rings is 1. The number of para-hydroxylation sites is 1. The Balaban J connectivity index is 0.00000242. The van der Waals surface area contributed by atoms with E-state index >= 15 is 0 Å². The van der Waals surface area contributed by atoms with E-state index in [-0.39, 0.29) is 35.8 Å². The molecule has 0 radical (unpaired) electrons. The fourth-order valence-corrected chi connectivity index (χ4v) is 3.10. The maximum atomic E-state index is 12.5. The summed E-state index contributed by atoms with van der Waals surface area (Å²) in [5.41, 5.74) is 7.01. The van der Waals surface area contributed by atoms with E-state index in [1.54, 1.807) is 0 Å². The number of hydrogen-bond donors (Lipinski definition) is 2. The molecule has 0 saturated carbocycles. The van der Waals surface area contributed by atoms with Gasteiger partial charge in [-0.3, -0.25) is 9.69 Å². The first kappa shape index (κ1) is 19.4. The van der Waals surface area contributed by atoms with Crippen LogP contribution in [-0.4, -0.2) is 36.0 Å². The highest BCUT2D eigenvalue weighted by atomic mass is 79.9. The minimum absolute atomic E-state index is 0. The topological polar surface area (TPSA) is 58.4 Å². The summed E-state index contributed by atoms with van der Waals surface area (Å²) >= 11 is 3.45. The van der Waals surface area contributed by atoms with Crippen LogP contribution in [0.2, 0.25) is 0 Å². The molecule has 1 aromatic carbocycles. The van der Waals surface area contributed by atoms with Crippen molar-refractivity contribution < 1.29 is 4.79 Å². The van der Waals surface area contributed by atoms with E-state index in [0.717, 1.165) is 29.7 Å². The molecule has 124 valence electrons. The standard InChI is InChI=1S/C16H24BrN3O.ClH/c1-11(20-9-8-14(18)16(2,3)10-20)15(21)19-13-7-5-4-6-12(13)17;/h4-7,11,14H,8-10,18H2,1-3H3,(H,19,21);1H. The lowest BCUT2D eigenvalue weighted by Gasteiger charge is -2.44. The molecular weight excluding hydrogens is 366 g/mol. The van der Waals surface area contributed by atoms with Gasteiger partial charge in [-0.25, -0.2) is 0 Å². The Hall–Kier alpha value is -0.620. The molecule has 1 aliphatic rings. The van der Waals surface area contributed by atoms with Crippen LogP contribution in [-0.2, 0) is 4.79 Å². The summed E-state index contributed by atoms with van der Waals surface area (Å²) in [6, 6.07) is 7.69. The molecule has 0 aliphatic carbocycles. The Kier molecular flexibility index (Phi) is 6.86. The third-order valence-corrected chi connectivity index (χ3v) is 5.09. The molecule has 4 nitrogen and oxygen atoms in total. The first-order valence-corrected chi connectivity index (χ1v) is 8.15. The number of rotatable bonds is 3. The highest BCUT2D eigenvalue weighted by Crippen LogP contribution is 2.29. The average Bonchev–Trinajstić information content (AvgIpc) is 2.43. The second-order valence-electron chi connectivity index (χ2n) is 6.50. The molecule has 1 fully saturated rings. The molecule has 1 saturated heterocycles. The molecule has 2 unspecified atom stereocenters. The van der Waals surface area contributed by atoms with Crippen LogP contribution in [0.4, 0.5) is 5.69 Å². The number of likely N-dealkylation sites (tertiary alicyclic amines) is 1. The summed E-state index contributed by atoms with van der Waals surface area (Å²) in [7, 11) is 0. The Labute approximate surface area is 147 Å². The van der Waals surface area contributed by atoms with Gasteiger partial charge in [0.15, 0.2) is 0 Å². The number of nitrogens with two attached hydrogens (primary N) is 1. The van der Waals surface area contributed by atoms with E-state index < -0.39 is 0 Å². The zero-order valence-electron chi connectivity index (χ0n) is 13.3. The summed E-state index contributed by atoms with van der Waals surface area (Å²) in [6.07, 6.45) is 0.930. The van der Waals surface area contributed by atoms with Crippen LogP contribution in [0, 0.1) is 5.41 Å². The second kappa shape index (κ2) is 7.77. The van der Waals surface area contributed by atoms with Gasteiger partial charge in [0.1, 0.15) is 0 Å². The Morgan fingerprint density at radius 1 is 1.45 bits per heavy atom. The number of benzene rings is 1. The van der Waals surface area contributed by atoms with E-state index in [1.807, 2.05) is 31.2 Å². The van der Waals surface area contributed by atoms with Crippen LogP contribution in [0.3, 0.4) is 0 Å². The highest BCUT2D eigenvalue weighted by molar-refractivity contribution is 9.10. The lowest BCUT2D eigenvalue weighted by molar-refractivity contribution is -0.122. The lowest BCUT2D eigenvalue weighted by Crippen LogP contribution is -2.56. The van der Waals surface area contributed by atoms with Crippen molar-refractivity contribution >= 4 is 39.9 Å². The summed E-state index contributed by atoms with van der Waals surface area (Å²) in [4.78, 5) is 14.7. The van der Waals surface area contributed by atoms with Crippen molar-refractivity contribution in [3.63, 3.8) is 0 Å². The first-order chi connectivity index (χ1) is 9.81. The van der Waals surface area contributed by atoms with Crippen molar-refractivity contribution in [2.24, 2.45) is 11.1 Å². The van der Waals surface area contributed by atoms with Crippen LogP contribution in [0.25, 0.3) is 0 Å². The minimum Gasteiger partial charge on any atom is -0.327 e. The van der Waals surface area contributed by atoms with Crippen molar-refractivity contribution in [3.8, 4) is 0 Å². The molecule has 2 atom stereocenters. The molecule has 3 N–H and O–H groups in total. The van der Waals surface area contributed by atoms with Crippen LogP contribution in [0.1, 0.15) is 27.2 Å². The number of carbonyl (C=O) groups is 1. The van der Waals surface area contributed by atoms with E-state index in [0.29, 0.717) is 0 Å². The van der Waals surface area contributed by atoms with Crippen molar-refractivity contribution in [1.29, 1.82) is 0 Å². The van der Waals surface area contributed by atoms with E-state index in [9.17, 15) is 4.79 Å². The predicted molar refractivity (Wildman–Crippen MR) is 97.4 cm³/mol. The van der Waals surface area contributed by atoms with Crippen molar-refractivity contribution in [3.05, 3.63) is 28.7 Å². The SMILES string of the molecule is CC(C(=O)Nc1ccccc1Br)N1CCC(N)C(C)(C)C1.Cl. The molecule has 0 aromatic heterocycles. The monoisotopic (exact) mass is 389 g/mol. The number of amides is 1. The summed E-state index contributed by atoms with van der Waals surface area (Å²) in [5.74, 6) is 0.0215. The molecule has 1 aromatic rings. The number of nitrogens with zero attached hydrogens (tertiary/aromatic N) is 1. The van der Waals surface area contributed by atoms with Gasteiger partial charge >= 0.3 is 0 Å². The Morgan fingerprint density at radius 2 is 2.09 bits per heavy atom. The van der Waals surface area contributed by atoms with Crippen LogP contribution in [0.15, 0.2) is 28.7 Å². The second-order valence-corrected chi connectivity index (χ2v) is 7.35. The van der Waals surface area contributed by atoms with Gasteiger partial charge in [-0.05, 0) is 46.8 Å². The lowest BCUT2D eigenvalue weighted by atomic mass is 9.79. The van der Waals surface area contributed by atoms with Gasteiger partial charge in [0.25, 0.3) is 0 Å². The van der Waals surface area contributed by atoms with Crippen LogP contribution in [0.5, 0.6) is 0 Å². The van der Waals surface area contributed by atoms with Gasteiger partial charge in [-0.2, -0.15) is 0 Å². The third-order valence-electron chi connectivity index (χ3n) is 4.40. The number of hydrogen-bond acceptors (Lipinski definition) is 3. The molecule has 22 heavy (non-hydrogen) atoms. The number of carbonyl (C=O) groups excluding carboxylic acids is 1. The minimum atomic E-state index is -0.163. The molecule has 2 rings (SSSR count). The van der Waals surface area contributed by atoms with Crippen LogP contribution >= 0.6 is 28.3 Å². The van der Waals surface area contributed by atoms with Crippen molar-refractivity contribution in [1.82, 2.24) is 4.90 Å². The third kappa shape index (κ3) is 4.44. The molecule has 6 heteroatoms. The summed E-state index contributed by atoms with van der Waals surface area (Å²) in [6.45, 7) is 8.01. The fraction of sp³-hybridized carbons (Fsp3) is 0.562. The Morgan fingerprint density at radius 3 is 2.68 bits per heavy atom. The number of anilines is 1. The molecular formula is C16H25BrClN3O. The summed E-state index contributed by atoms with van der Waals surface area (Å²) in [5, 5.41) is 2.99. The quantitative estimate of drug-likeness (QED) is 0.833. The maximum Gasteiger partial charge on any atom is 0.241 e. The summed E-state index contributed by atoms with van der Waals surface area (Å²) < 4.78 is 0.895. The number of nitrogens with one attached hydrogen (secondary N) is 1. The fourth-order valence-electron chi connectivity index (χ4n) is 2.71. The average molecular weight is 391 g/mol. The Bertz CT molecular complexity index is 524. The largest absolute Gasteiger partial charge is 0.327 e. The predicted octanol–water partition coefficient (Wildman–Crippen LogP) is 3.26. The zero-order chi connectivity index (χ0) is 15.6. The van der Waals surface area contributed by atoms with E-state index in [2.05, 4.69) is 40.0 Å². The van der Waals surface area contributed by atoms with Crippen molar-refractivity contribution in [2.75, 3.05) is 18.4 Å². The first-order valence-electron chi connectivity index (χ1n) is 7.36. The van der Waals surface area contributed by atoms with Crippen molar-refractivity contribution in [2.45, 2.75) is 39.3 Å². The van der Waals surface area contributed by atoms with Gasteiger partial charge in [0, 0.05) is 23.6 Å². The maximum absolute atomic E-state index is 12.5. The van der Waals surface area contributed by atoms with Crippen LogP contribution < -0.4 is 11.1 Å². The zero-order valence-corrected chi connectivity index (χ0v) is 15.7. The molecule has 1 heterocycles. The van der Waals surface area contributed by atoms with E-state index in [4.69, 9.17) is 5.73 Å². The van der Waals surface area contributed by atoms with Gasteiger partial charge < -0.3 is 11.1 Å². The van der Waals surface area contributed by atoms with Gasteiger partial charge in [-0.1, -0.05) is 26.0 Å². The van der Waals surface area contributed by atoms with E-state index in [1.165, 1.54) is 0 Å². The number of halogens is 2. The van der Waals surface area contributed by atoms with Gasteiger partial charge in [0.2, 0.25) is 5.91 Å².